The maximum atomic E-state index is 5.79. The summed E-state index contributed by atoms with van der Waals surface area (Å²) in [5.74, 6) is 3.07. The van der Waals surface area contributed by atoms with Crippen molar-refractivity contribution in [2.45, 2.75) is 6.92 Å². The van der Waals surface area contributed by atoms with Gasteiger partial charge in [0.15, 0.2) is 5.82 Å². The number of hydrogen-bond acceptors (Lipinski definition) is 5. The number of nitrogens with two attached hydrogens (primary N) is 1. The standard InChI is InChI=1S/C14H10N4S/c1-3-9-6-10(5-4-8(9)2)13-18-11-12(15)16-7-17-14(11)19-13/h1,4-7H,2H3,(H2,15,16,17). The van der Waals surface area contributed by atoms with Crippen LogP contribution in [0, 0.1) is 19.3 Å². The zero-order valence-electron chi connectivity index (χ0n) is 10.2. The number of aromatic nitrogens is 3. The molecule has 92 valence electrons. The molecule has 0 bridgehead atoms. The maximum Gasteiger partial charge on any atom is 0.154 e. The predicted molar refractivity (Wildman–Crippen MR) is 77.7 cm³/mol. The lowest BCUT2D eigenvalue weighted by Gasteiger charge is -2.00. The highest BCUT2D eigenvalue weighted by molar-refractivity contribution is 7.21. The molecule has 0 fully saturated rings. The van der Waals surface area contributed by atoms with E-state index < -0.39 is 0 Å². The molecule has 4 nitrogen and oxygen atoms in total. The normalized spacial score (nSPS) is 10.5. The van der Waals surface area contributed by atoms with Crippen LogP contribution in [0.4, 0.5) is 5.82 Å². The Morgan fingerprint density at radius 3 is 2.89 bits per heavy atom. The van der Waals surface area contributed by atoms with Crippen molar-refractivity contribution in [1.29, 1.82) is 0 Å². The van der Waals surface area contributed by atoms with E-state index in [9.17, 15) is 0 Å². The molecule has 0 spiro atoms. The molecule has 5 heteroatoms. The first kappa shape index (κ1) is 11.6. The maximum absolute atomic E-state index is 5.79. The van der Waals surface area contributed by atoms with Crippen LogP contribution < -0.4 is 5.73 Å². The van der Waals surface area contributed by atoms with Crippen LogP contribution in [0.15, 0.2) is 24.5 Å². The lowest BCUT2D eigenvalue weighted by Crippen LogP contribution is -1.91. The molecule has 0 saturated carbocycles. The second-order valence-electron chi connectivity index (χ2n) is 4.11. The van der Waals surface area contributed by atoms with Crippen molar-refractivity contribution in [1.82, 2.24) is 15.0 Å². The lowest BCUT2D eigenvalue weighted by atomic mass is 10.1. The predicted octanol–water partition coefficient (Wildman–Crippen LogP) is 2.63. The van der Waals surface area contributed by atoms with Gasteiger partial charge in [0.2, 0.25) is 0 Å². The van der Waals surface area contributed by atoms with Crippen LogP contribution in [0.1, 0.15) is 11.1 Å². The quantitative estimate of drug-likeness (QED) is 0.688. The zero-order valence-corrected chi connectivity index (χ0v) is 11.0. The van der Waals surface area contributed by atoms with Gasteiger partial charge in [0.1, 0.15) is 21.7 Å². The molecule has 0 amide bonds. The SMILES string of the molecule is C#Cc1cc(-c2nc3c(N)ncnc3s2)ccc1C. The number of nitrogens with zero attached hydrogens (tertiary/aromatic N) is 3. The van der Waals surface area contributed by atoms with Crippen molar-refractivity contribution in [2.75, 3.05) is 5.73 Å². The zero-order chi connectivity index (χ0) is 13.4. The number of anilines is 1. The molecule has 2 heterocycles. The Labute approximate surface area is 114 Å². The fraction of sp³-hybridized carbons (Fsp3) is 0.0714. The van der Waals surface area contributed by atoms with Gasteiger partial charge in [-0.1, -0.05) is 29.4 Å². The van der Waals surface area contributed by atoms with Crippen molar-refractivity contribution in [2.24, 2.45) is 0 Å². The fourth-order valence-electron chi connectivity index (χ4n) is 1.81. The Morgan fingerprint density at radius 2 is 2.16 bits per heavy atom. The minimum atomic E-state index is 0.400. The Morgan fingerprint density at radius 1 is 1.32 bits per heavy atom. The number of nitrogen functional groups attached to an aromatic ring is 1. The van der Waals surface area contributed by atoms with E-state index in [1.807, 2.05) is 25.1 Å². The molecule has 3 aromatic rings. The Hall–Kier alpha value is -2.45. The number of hydrogen-bond donors (Lipinski definition) is 1. The summed E-state index contributed by atoms with van der Waals surface area (Å²) in [6.45, 7) is 1.99. The van der Waals surface area contributed by atoms with Gasteiger partial charge in [-0.05, 0) is 18.6 Å². The first-order valence-corrected chi connectivity index (χ1v) is 6.45. The number of fused-ring (bicyclic) bond motifs is 1. The number of aryl methyl sites for hydroxylation is 1. The van der Waals surface area contributed by atoms with Crippen LogP contribution in [-0.4, -0.2) is 15.0 Å². The molecule has 2 N–H and O–H groups in total. The molecule has 19 heavy (non-hydrogen) atoms. The Kier molecular flexibility index (Phi) is 2.65. The van der Waals surface area contributed by atoms with Crippen molar-refractivity contribution < 1.29 is 0 Å². The number of thiazole rings is 1. The third kappa shape index (κ3) is 1.92. The molecular weight excluding hydrogens is 256 g/mol. The van der Waals surface area contributed by atoms with Gasteiger partial charge in [-0.3, -0.25) is 0 Å². The van der Waals surface area contributed by atoms with Gasteiger partial charge in [0.25, 0.3) is 0 Å². The summed E-state index contributed by atoms with van der Waals surface area (Å²) < 4.78 is 0. The largest absolute Gasteiger partial charge is 0.382 e. The molecule has 3 rings (SSSR count). The van der Waals surface area contributed by atoms with Crippen molar-refractivity contribution in [3.8, 4) is 22.9 Å². The summed E-state index contributed by atoms with van der Waals surface area (Å²) in [6.07, 6.45) is 6.93. The molecule has 0 radical (unpaired) electrons. The number of benzene rings is 1. The molecule has 0 saturated heterocycles. The molecule has 2 aromatic heterocycles. The molecule has 0 aliphatic rings. The highest BCUT2D eigenvalue weighted by Gasteiger charge is 2.10. The van der Waals surface area contributed by atoms with Crippen LogP contribution in [0.3, 0.4) is 0 Å². The third-order valence-corrected chi connectivity index (χ3v) is 3.88. The molecule has 0 aliphatic heterocycles. The highest BCUT2D eigenvalue weighted by atomic mass is 32.1. The van der Waals surface area contributed by atoms with Gasteiger partial charge < -0.3 is 5.73 Å². The summed E-state index contributed by atoms with van der Waals surface area (Å²) in [4.78, 5) is 13.4. The first-order valence-electron chi connectivity index (χ1n) is 5.63. The molecule has 1 aromatic carbocycles. The number of terminal acetylenes is 1. The Balaban J connectivity index is 2.20. The van der Waals surface area contributed by atoms with E-state index in [-0.39, 0.29) is 0 Å². The fourth-order valence-corrected chi connectivity index (χ4v) is 2.72. The summed E-state index contributed by atoms with van der Waals surface area (Å²) in [5, 5.41) is 0.846. The van der Waals surface area contributed by atoms with E-state index in [4.69, 9.17) is 12.2 Å². The first-order chi connectivity index (χ1) is 9.19. The molecular formula is C14H10N4S. The smallest absolute Gasteiger partial charge is 0.154 e. The van der Waals surface area contributed by atoms with E-state index in [2.05, 4.69) is 20.9 Å². The van der Waals surface area contributed by atoms with Crippen molar-refractivity contribution >= 4 is 27.5 Å². The van der Waals surface area contributed by atoms with Crippen LogP contribution >= 0.6 is 11.3 Å². The van der Waals surface area contributed by atoms with E-state index in [1.54, 1.807) is 0 Å². The van der Waals surface area contributed by atoms with Gasteiger partial charge in [-0.15, -0.1) is 6.42 Å². The van der Waals surface area contributed by atoms with E-state index in [0.29, 0.717) is 11.3 Å². The second kappa shape index (κ2) is 4.34. The highest BCUT2D eigenvalue weighted by Crippen LogP contribution is 2.31. The van der Waals surface area contributed by atoms with Crippen LogP contribution in [0.5, 0.6) is 0 Å². The summed E-state index contributed by atoms with van der Waals surface area (Å²) >= 11 is 1.48. The average molecular weight is 266 g/mol. The van der Waals surface area contributed by atoms with Crippen LogP contribution in [0.25, 0.3) is 20.9 Å². The number of rotatable bonds is 1. The molecule has 0 atom stereocenters. The molecule has 0 unspecified atom stereocenters. The second-order valence-corrected chi connectivity index (χ2v) is 5.08. The average Bonchev–Trinajstić information content (AvgIpc) is 2.85. The van der Waals surface area contributed by atoms with E-state index in [1.165, 1.54) is 17.7 Å². The van der Waals surface area contributed by atoms with E-state index >= 15 is 0 Å². The summed E-state index contributed by atoms with van der Waals surface area (Å²) in [7, 11) is 0. The van der Waals surface area contributed by atoms with Crippen LogP contribution in [0.2, 0.25) is 0 Å². The van der Waals surface area contributed by atoms with Crippen molar-refractivity contribution in [3.63, 3.8) is 0 Å². The summed E-state index contributed by atoms with van der Waals surface area (Å²) in [5.41, 5.74) is 9.35. The van der Waals surface area contributed by atoms with Gasteiger partial charge in [-0.2, -0.15) is 0 Å². The van der Waals surface area contributed by atoms with Gasteiger partial charge in [0.05, 0.1) is 0 Å². The third-order valence-electron chi connectivity index (χ3n) is 2.86. The Bertz CT molecular complexity index is 814. The van der Waals surface area contributed by atoms with Crippen molar-refractivity contribution in [3.05, 3.63) is 35.7 Å². The monoisotopic (exact) mass is 266 g/mol. The van der Waals surface area contributed by atoms with Gasteiger partial charge in [0, 0.05) is 11.1 Å². The minimum Gasteiger partial charge on any atom is -0.382 e. The topological polar surface area (TPSA) is 64.7 Å². The van der Waals surface area contributed by atoms with Gasteiger partial charge in [-0.25, -0.2) is 15.0 Å². The lowest BCUT2D eigenvalue weighted by molar-refractivity contribution is 1.23. The minimum absolute atomic E-state index is 0.400. The van der Waals surface area contributed by atoms with E-state index in [0.717, 1.165) is 26.5 Å². The van der Waals surface area contributed by atoms with Gasteiger partial charge >= 0.3 is 0 Å². The summed E-state index contributed by atoms with van der Waals surface area (Å²) in [6, 6.07) is 5.94. The van der Waals surface area contributed by atoms with Crippen LogP contribution in [-0.2, 0) is 0 Å². The molecule has 0 aliphatic carbocycles.